The van der Waals surface area contributed by atoms with Gasteiger partial charge in [0.05, 0.1) is 5.25 Å². The number of rotatable bonds is 3. The van der Waals surface area contributed by atoms with E-state index in [9.17, 15) is 8.42 Å². The zero-order chi connectivity index (χ0) is 13.3. The largest absolute Gasteiger partial charge is 0.329 e. The minimum absolute atomic E-state index is 0.134. The molecule has 0 saturated carbocycles. The fourth-order valence-corrected chi connectivity index (χ4v) is 3.32. The maximum Gasteiger partial charge on any atom is 0.218 e. The average Bonchev–Trinajstić information content (AvgIpc) is 2.27. The van der Waals surface area contributed by atoms with Crippen molar-refractivity contribution in [2.45, 2.75) is 39.4 Å². The van der Waals surface area contributed by atoms with Gasteiger partial charge in [0.15, 0.2) is 0 Å². The molecular weight excluding hydrogens is 236 g/mol. The highest BCUT2D eigenvalue weighted by molar-refractivity contribution is 7.89. The molecule has 1 aliphatic heterocycles. The van der Waals surface area contributed by atoms with Gasteiger partial charge in [0.1, 0.15) is 0 Å². The highest BCUT2D eigenvalue weighted by Gasteiger charge is 2.30. The van der Waals surface area contributed by atoms with Crippen molar-refractivity contribution in [2.75, 3.05) is 19.6 Å². The molecular formula is C12H24N2O2S. The van der Waals surface area contributed by atoms with Crippen molar-refractivity contribution in [1.82, 2.24) is 4.31 Å². The molecule has 1 heterocycles. The van der Waals surface area contributed by atoms with Crippen molar-refractivity contribution in [3.63, 3.8) is 0 Å². The molecule has 0 aromatic carbocycles. The van der Waals surface area contributed by atoms with E-state index in [0.29, 0.717) is 13.1 Å². The lowest BCUT2D eigenvalue weighted by Gasteiger charge is -2.32. The number of hydrogen-bond acceptors (Lipinski definition) is 3. The molecule has 1 atom stereocenters. The van der Waals surface area contributed by atoms with E-state index in [1.165, 1.54) is 5.57 Å². The molecule has 0 spiro atoms. The maximum absolute atomic E-state index is 12.1. The molecule has 100 valence electrons. The summed E-state index contributed by atoms with van der Waals surface area (Å²) in [6.07, 6.45) is 2.87. The van der Waals surface area contributed by atoms with E-state index in [4.69, 9.17) is 5.73 Å². The Hall–Kier alpha value is -0.390. The van der Waals surface area contributed by atoms with Crippen LogP contribution in [0.2, 0.25) is 0 Å². The summed E-state index contributed by atoms with van der Waals surface area (Å²) in [5.41, 5.74) is 6.91. The van der Waals surface area contributed by atoms with Crippen LogP contribution in [-0.4, -0.2) is 37.6 Å². The van der Waals surface area contributed by atoms with Crippen molar-refractivity contribution < 1.29 is 8.42 Å². The summed E-state index contributed by atoms with van der Waals surface area (Å²) in [6, 6.07) is 0. The molecule has 1 unspecified atom stereocenters. The molecule has 4 nitrogen and oxygen atoms in total. The molecule has 0 fully saturated rings. The minimum atomic E-state index is -3.22. The Balaban J connectivity index is 2.80. The summed E-state index contributed by atoms with van der Waals surface area (Å²) >= 11 is 0. The Morgan fingerprint density at radius 3 is 2.41 bits per heavy atom. The van der Waals surface area contributed by atoms with Gasteiger partial charge in [0.25, 0.3) is 0 Å². The van der Waals surface area contributed by atoms with Gasteiger partial charge in [-0.2, -0.15) is 4.31 Å². The molecule has 1 rings (SSSR count). The van der Waals surface area contributed by atoms with Gasteiger partial charge < -0.3 is 5.73 Å². The molecule has 5 heteroatoms. The Bertz CT molecular complexity index is 393. The summed E-state index contributed by atoms with van der Waals surface area (Å²) in [4.78, 5) is 0. The minimum Gasteiger partial charge on any atom is -0.329 e. The smallest absolute Gasteiger partial charge is 0.218 e. The van der Waals surface area contributed by atoms with Crippen LogP contribution < -0.4 is 5.73 Å². The first kappa shape index (κ1) is 14.7. The quantitative estimate of drug-likeness (QED) is 0.779. The van der Waals surface area contributed by atoms with Gasteiger partial charge in [-0.05, 0) is 18.8 Å². The first-order chi connectivity index (χ1) is 7.69. The van der Waals surface area contributed by atoms with E-state index in [1.54, 1.807) is 11.2 Å². The highest BCUT2D eigenvalue weighted by atomic mass is 32.2. The maximum atomic E-state index is 12.1. The lowest BCUT2D eigenvalue weighted by molar-refractivity contribution is 0.386. The van der Waals surface area contributed by atoms with Gasteiger partial charge in [-0.25, -0.2) is 8.42 Å². The van der Waals surface area contributed by atoms with Crippen molar-refractivity contribution in [3.8, 4) is 0 Å². The molecule has 0 bridgehead atoms. The zero-order valence-electron chi connectivity index (χ0n) is 11.2. The Kier molecular flexibility index (Phi) is 4.38. The number of hydrogen-bond donors (Lipinski definition) is 1. The monoisotopic (exact) mass is 260 g/mol. The van der Waals surface area contributed by atoms with Crippen LogP contribution in [-0.2, 0) is 10.0 Å². The summed E-state index contributed by atoms with van der Waals surface area (Å²) < 4.78 is 25.7. The molecule has 0 aromatic heterocycles. The molecule has 0 aromatic rings. The lowest BCUT2D eigenvalue weighted by Crippen LogP contribution is -2.43. The fraction of sp³-hybridized carbons (Fsp3) is 0.833. The second kappa shape index (κ2) is 5.08. The second-order valence-electron chi connectivity index (χ2n) is 5.68. The van der Waals surface area contributed by atoms with Crippen LogP contribution in [0.3, 0.4) is 0 Å². The molecule has 0 radical (unpaired) electrons. The summed E-state index contributed by atoms with van der Waals surface area (Å²) in [7, 11) is -3.22. The van der Waals surface area contributed by atoms with Gasteiger partial charge in [-0.1, -0.05) is 32.4 Å². The van der Waals surface area contributed by atoms with Crippen LogP contribution in [0.4, 0.5) is 0 Å². The predicted molar refractivity (Wildman–Crippen MR) is 71.2 cm³/mol. The SMILES string of the molecule is CC(CN)S(=O)(=O)N1CC=C(C(C)(C)C)CC1. The zero-order valence-corrected chi connectivity index (χ0v) is 12.0. The van der Waals surface area contributed by atoms with Crippen molar-refractivity contribution in [3.05, 3.63) is 11.6 Å². The number of nitrogens with two attached hydrogens (primary N) is 1. The van der Waals surface area contributed by atoms with Crippen LogP contribution in [0.15, 0.2) is 11.6 Å². The van der Waals surface area contributed by atoms with Crippen LogP contribution >= 0.6 is 0 Å². The van der Waals surface area contributed by atoms with Crippen molar-refractivity contribution in [1.29, 1.82) is 0 Å². The normalized spacial score (nSPS) is 21.1. The topological polar surface area (TPSA) is 63.4 Å². The van der Waals surface area contributed by atoms with Gasteiger partial charge >= 0.3 is 0 Å². The van der Waals surface area contributed by atoms with Crippen LogP contribution in [0.25, 0.3) is 0 Å². The summed E-state index contributed by atoms with van der Waals surface area (Å²) in [5.74, 6) is 0. The highest BCUT2D eigenvalue weighted by Crippen LogP contribution is 2.31. The van der Waals surface area contributed by atoms with Gasteiger partial charge in [-0.15, -0.1) is 0 Å². The first-order valence-electron chi connectivity index (χ1n) is 6.08. The molecule has 0 aliphatic carbocycles. The van der Waals surface area contributed by atoms with E-state index in [0.717, 1.165) is 6.42 Å². The van der Waals surface area contributed by atoms with Crippen molar-refractivity contribution in [2.24, 2.45) is 11.1 Å². The van der Waals surface area contributed by atoms with Crippen LogP contribution in [0.5, 0.6) is 0 Å². The van der Waals surface area contributed by atoms with Gasteiger partial charge in [0.2, 0.25) is 10.0 Å². The molecule has 0 amide bonds. The van der Waals surface area contributed by atoms with Crippen molar-refractivity contribution >= 4 is 10.0 Å². The standard InChI is InChI=1S/C12H24N2O2S/c1-10(9-13)17(15,16)14-7-5-11(6-8-14)12(2,3)4/h5,10H,6-9,13H2,1-4H3. The fourth-order valence-electron chi connectivity index (χ4n) is 1.94. The Morgan fingerprint density at radius 2 is 2.06 bits per heavy atom. The molecule has 2 N–H and O–H groups in total. The third-order valence-electron chi connectivity index (χ3n) is 3.34. The van der Waals surface area contributed by atoms with E-state index in [1.807, 2.05) is 6.08 Å². The molecule has 0 saturated heterocycles. The summed E-state index contributed by atoms with van der Waals surface area (Å²) in [6.45, 7) is 9.38. The molecule has 1 aliphatic rings. The third-order valence-corrected chi connectivity index (χ3v) is 5.60. The summed E-state index contributed by atoms with van der Waals surface area (Å²) in [5, 5.41) is -0.493. The van der Waals surface area contributed by atoms with Crippen LogP contribution in [0, 0.1) is 5.41 Å². The van der Waals surface area contributed by atoms with Gasteiger partial charge in [0, 0.05) is 19.6 Å². The van der Waals surface area contributed by atoms with E-state index in [2.05, 4.69) is 20.8 Å². The van der Waals surface area contributed by atoms with Gasteiger partial charge in [-0.3, -0.25) is 0 Å². The van der Waals surface area contributed by atoms with Crippen LogP contribution in [0.1, 0.15) is 34.1 Å². The Morgan fingerprint density at radius 1 is 1.47 bits per heavy atom. The number of nitrogens with zero attached hydrogens (tertiary/aromatic N) is 1. The predicted octanol–water partition coefficient (Wildman–Crippen LogP) is 1.34. The Labute approximate surface area is 105 Å². The lowest BCUT2D eigenvalue weighted by atomic mass is 9.83. The second-order valence-corrected chi connectivity index (χ2v) is 8.03. The molecule has 17 heavy (non-hydrogen) atoms. The third kappa shape index (κ3) is 3.30. The average molecular weight is 260 g/mol. The van der Waals surface area contributed by atoms with E-state index >= 15 is 0 Å². The first-order valence-corrected chi connectivity index (χ1v) is 7.58. The van der Waals surface area contributed by atoms with E-state index in [-0.39, 0.29) is 12.0 Å². The number of sulfonamides is 1. The van der Waals surface area contributed by atoms with E-state index < -0.39 is 15.3 Å².